The second kappa shape index (κ2) is 11.6. The number of hydrogen-bond donors (Lipinski definition) is 3. The summed E-state index contributed by atoms with van der Waals surface area (Å²) in [6.45, 7) is 4.51. The highest BCUT2D eigenvalue weighted by Crippen LogP contribution is 2.31. The highest BCUT2D eigenvalue weighted by atomic mass is 16.5. The van der Waals surface area contributed by atoms with E-state index in [0.29, 0.717) is 41.9 Å². The molecule has 2 aromatic heterocycles. The molecule has 10 nitrogen and oxygen atoms in total. The molecule has 3 N–H and O–H groups in total. The summed E-state index contributed by atoms with van der Waals surface area (Å²) >= 11 is 0. The quantitative estimate of drug-likeness (QED) is 0.462. The van der Waals surface area contributed by atoms with Gasteiger partial charge in [-0.3, -0.25) is 9.79 Å². The summed E-state index contributed by atoms with van der Waals surface area (Å²) in [7, 11) is 1.87. The molecule has 2 bridgehead atoms. The fourth-order valence-electron chi connectivity index (χ4n) is 5.00. The van der Waals surface area contributed by atoms with Crippen LogP contribution in [0, 0.1) is 0 Å². The summed E-state index contributed by atoms with van der Waals surface area (Å²) in [4.78, 5) is 33.1. The molecule has 10 heteroatoms. The standard InChI is InChI=1S/C27H35N7O3/c1-33-11-5-10-28-25-24-21(27(36)32-26(24)31-18-30-25)17-29-20-8-9-22(34-12-14-37-15-13-34)19(16-20)6-3-2-4-7-23(33)35/h8-9,16-18,36H,2-7,10-15H2,1H3,(H2,28,30,31,32). The maximum Gasteiger partial charge on any atom is 0.222 e. The van der Waals surface area contributed by atoms with Gasteiger partial charge >= 0.3 is 0 Å². The molecular weight excluding hydrogens is 470 g/mol. The van der Waals surface area contributed by atoms with Gasteiger partial charge in [0.05, 0.1) is 29.9 Å². The number of hydrogen-bond acceptors (Lipinski definition) is 8. The van der Waals surface area contributed by atoms with E-state index < -0.39 is 0 Å². The van der Waals surface area contributed by atoms with Crippen LogP contribution in [0.2, 0.25) is 0 Å². The van der Waals surface area contributed by atoms with Crippen molar-refractivity contribution in [2.24, 2.45) is 4.99 Å². The zero-order valence-electron chi connectivity index (χ0n) is 21.4. The van der Waals surface area contributed by atoms with Gasteiger partial charge in [-0.1, -0.05) is 6.42 Å². The van der Waals surface area contributed by atoms with Crippen molar-refractivity contribution in [1.29, 1.82) is 0 Å². The van der Waals surface area contributed by atoms with Crippen molar-refractivity contribution >= 4 is 40.3 Å². The fourth-order valence-corrected chi connectivity index (χ4v) is 5.00. The van der Waals surface area contributed by atoms with Crippen LogP contribution in [0.4, 0.5) is 17.2 Å². The van der Waals surface area contributed by atoms with Crippen LogP contribution in [0.15, 0.2) is 29.5 Å². The molecule has 0 radical (unpaired) electrons. The Bertz CT molecular complexity index is 1270. The van der Waals surface area contributed by atoms with Crippen molar-refractivity contribution in [3.05, 3.63) is 35.7 Å². The first-order valence-corrected chi connectivity index (χ1v) is 13.1. The first-order valence-electron chi connectivity index (χ1n) is 13.1. The number of aromatic nitrogens is 3. The summed E-state index contributed by atoms with van der Waals surface area (Å²) in [5.74, 6) is 0.812. The molecule has 1 fully saturated rings. The normalized spacial score (nSPS) is 18.2. The number of carbonyl (C=O) groups is 1. The molecule has 37 heavy (non-hydrogen) atoms. The van der Waals surface area contributed by atoms with Crippen LogP contribution in [-0.2, 0) is 16.0 Å². The van der Waals surface area contributed by atoms with E-state index in [1.54, 1.807) is 6.21 Å². The Morgan fingerprint density at radius 3 is 2.73 bits per heavy atom. The Balaban J connectivity index is 1.49. The number of anilines is 2. The van der Waals surface area contributed by atoms with Crippen LogP contribution >= 0.6 is 0 Å². The number of nitrogens with zero attached hydrogens (tertiary/aromatic N) is 5. The minimum atomic E-state index is 0.00341. The molecule has 196 valence electrons. The summed E-state index contributed by atoms with van der Waals surface area (Å²) < 4.78 is 5.56. The van der Waals surface area contributed by atoms with Crippen LogP contribution in [-0.4, -0.2) is 83.5 Å². The number of H-pyrrole nitrogens is 1. The Morgan fingerprint density at radius 2 is 1.86 bits per heavy atom. The molecule has 0 saturated carbocycles. The van der Waals surface area contributed by atoms with Crippen LogP contribution in [0.3, 0.4) is 0 Å². The van der Waals surface area contributed by atoms with Crippen LogP contribution in [0.1, 0.15) is 43.2 Å². The molecule has 0 spiro atoms. The number of aromatic amines is 1. The third-order valence-corrected chi connectivity index (χ3v) is 7.09. The summed E-state index contributed by atoms with van der Waals surface area (Å²) in [5, 5.41) is 14.7. The minimum Gasteiger partial charge on any atom is -0.494 e. The van der Waals surface area contributed by atoms with Crippen molar-refractivity contribution in [2.75, 3.05) is 56.7 Å². The molecule has 1 saturated heterocycles. The SMILES string of the molecule is CN1CCCNc2ncnc3[nH]c(O)c(c23)C=Nc2ccc(N3CCOCC3)c(c2)CCCCCC1=O. The lowest BCUT2D eigenvalue weighted by Crippen LogP contribution is -2.36. The Hall–Kier alpha value is -3.66. The number of aliphatic imine (C=N–C) groups is 1. The van der Waals surface area contributed by atoms with Gasteiger partial charge in [0.2, 0.25) is 5.91 Å². The van der Waals surface area contributed by atoms with E-state index in [1.165, 1.54) is 17.6 Å². The topological polar surface area (TPSA) is 119 Å². The third kappa shape index (κ3) is 5.85. The number of carbonyl (C=O) groups excluding carboxylic acids is 1. The average Bonchev–Trinajstić information content (AvgIpc) is 3.25. The van der Waals surface area contributed by atoms with E-state index in [-0.39, 0.29) is 11.8 Å². The van der Waals surface area contributed by atoms with Crippen molar-refractivity contribution in [1.82, 2.24) is 19.9 Å². The van der Waals surface area contributed by atoms with Gasteiger partial charge in [0.15, 0.2) is 5.88 Å². The predicted molar refractivity (Wildman–Crippen MR) is 145 cm³/mol. The van der Waals surface area contributed by atoms with Gasteiger partial charge in [0.25, 0.3) is 0 Å². The number of fused-ring (bicyclic) bond motifs is 2. The predicted octanol–water partition coefficient (Wildman–Crippen LogP) is 3.63. The lowest BCUT2D eigenvalue weighted by Gasteiger charge is -2.31. The third-order valence-electron chi connectivity index (χ3n) is 7.09. The second-order valence-electron chi connectivity index (χ2n) is 9.66. The molecule has 0 unspecified atom stereocenters. The summed E-state index contributed by atoms with van der Waals surface area (Å²) in [6.07, 6.45) is 8.31. The fraction of sp³-hybridized carbons (Fsp3) is 0.481. The second-order valence-corrected chi connectivity index (χ2v) is 9.66. The number of aryl methyl sites for hydroxylation is 1. The Morgan fingerprint density at radius 1 is 1.03 bits per heavy atom. The summed E-state index contributed by atoms with van der Waals surface area (Å²) in [5.41, 5.74) is 4.37. The van der Waals surface area contributed by atoms with Crippen molar-refractivity contribution in [2.45, 2.75) is 38.5 Å². The maximum atomic E-state index is 12.6. The Kier molecular flexibility index (Phi) is 7.84. The molecule has 0 aliphatic carbocycles. The van der Waals surface area contributed by atoms with Gasteiger partial charge < -0.3 is 29.9 Å². The lowest BCUT2D eigenvalue weighted by molar-refractivity contribution is -0.130. The molecule has 4 heterocycles. The number of nitrogens with one attached hydrogen (secondary N) is 2. The van der Waals surface area contributed by atoms with E-state index in [9.17, 15) is 9.90 Å². The van der Waals surface area contributed by atoms with E-state index in [4.69, 9.17) is 9.73 Å². The summed E-state index contributed by atoms with van der Waals surface area (Å²) in [6, 6.07) is 6.29. The molecule has 2 aliphatic rings. The lowest BCUT2D eigenvalue weighted by atomic mass is 10.0. The molecule has 0 atom stereocenters. The van der Waals surface area contributed by atoms with Crippen LogP contribution in [0.25, 0.3) is 11.0 Å². The van der Waals surface area contributed by atoms with Crippen molar-refractivity contribution in [3.63, 3.8) is 0 Å². The largest absolute Gasteiger partial charge is 0.494 e. The van der Waals surface area contributed by atoms with Crippen LogP contribution < -0.4 is 10.2 Å². The van der Waals surface area contributed by atoms with Crippen molar-refractivity contribution < 1.29 is 14.6 Å². The highest BCUT2D eigenvalue weighted by Gasteiger charge is 2.18. The van der Waals surface area contributed by atoms with E-state index in [1.807, 2.05) is 18.0 Å². The van der Waals surface area contributed by atoms with Gasteiger partial charge in [-0.15, -0.1) is 0 Å². The highest BCUT2D eigenvalue weighted by molar-refractivity contribution is 6.06. The zero-order chi connectivity index (χ0) is 25.6. The smallest absolute Gasteiger partial charge is 0.222 e. The van der Waals surface area contributed by atoms with Crippen molar-refractivity contribution in [3.8, 4) is 5.88 Å². The zero-order valence-corrected chi connectivity index (χ0v) is 21.4. The number of morpholine rings is 1. The van der Waals surface area contributed by atoms with Gasteiger partial charge in [0, 0.05) is 51.5 Å². The van der Waals surface area contributed by atoms with Gasteiger partial charge in [-0.05, 0) is 49.4 Å². The molecular formula is C27H35N7O3. The number of aromatic hydroxyl groups is 1. The first-order chi connectivity index (χ1) is 18.1. The number of amides is 1. The van der Waals surface area contributed by atoms with E-state index in [0.717, 1.165) is 64.1 Å². The van der Waals surface area contributed by atoms with Gasteiger partial charge in [-0.2, -0.15) is 0 Å². The molecule has 2 aliphatic heterocycles. The maximum absolute atomic E-state index is 12.6. The van der Waals surface area contributed by atoms with Gasteiger partial charge in [-0.25, -0.2) is 9.97 Å². The van der Waals surface area contributed by atoms with Gasteiger partial charge in [0.1, 0.15) is 17.8 Å². The monoisotopic (exact) mass is 505 g/mol. The number of ether oxygens (including phenoxy) is 1. The molecule has 5 rings (SSSR count). The number of rotatable bonds is 1. The molecule has 1 aromatic carbocycles. The average molecular weight is 506 g/mol. The molecule has 1 amide bonds. The van der Waals surface area contributed by atoms with E-state index in [2.05, 4.69) is 37.3 Å². The molecule has 3 aromatic rings. The minimum absolute atomic E-state index is 0.00341. The number of benzene rings is 1. The Labute approximate surface area is 216 Å². The van der Waals surface area contributed by atoms with E-state index >= 15 is 0 Å². The first kappa shape index (κ1) is 25.0. The van der Waals surface area contributed by atoms with Crippen LogP contribution in [0.5, 0.6) is 5.88 Å².